The fourth-order valence-electron chi connectivity index (χ4n) is 1.99. The van der Waals surface area contributed by atoms with E-state index in [1.54, 1.807) is 0 Å². The predicted molar refractivity (Wildman–Crippen MR) is 72.8 cm³/mol. The van der Waals surface area contributed by atoms with Gasteiger partial charge in [-0.3, -0.25) is 4.68 Å². The van der Waals surface area contributed by atoms with Gasteiger partial charge in [-0.05, 0) is 39.8 Å². The standard InChI is InChI=1S/C14H20N4O/c1-9(2)18-6-5-12(17-18)8-14(19)13-7-10(3)15-16-11(13)4/h5-7,9,14,19H,8H2,1-4H3. The van der Waals surface area contributed by atoms with Crippen LogP contribution in [0.4, 0.5) is 0 Å². The normalized spacial score (nSPS) is 12.9. The highest BCUT2D eigenvalue weighted by Gasteiger charge is 2.15. The van der Waals surface area contributed by atoms with Crippen molar-refractivity contribution in [1.82, 2.24) is 20.0 Å². The molecule has 2 aromatic rings. The summed E-state index contributed by atoms with van der Waals surface area (Å²) in [5, 5.41) is 22.8. The van der Waals surface area contributed by atoms with E-state index in [4.69, 9.17) is 0 Å². The quantitative estimate of drug-likeness (QED) is 0.914. The summed E-state index contributed by atoms with van der Waals surface area (Å²) < 4.78 is 1.89. The highest BCUT2D eigenvalue weighted by atomic mass is 16.3. The molecule has 0 saturated heterocycles. The summed E-state index contributed by atoms with van der Waals surface area (Å²) in [6, 6.07) is 4.16. The highest BCUT2D eigenvalue weighted by Crippen LogP contribution is 2.20. The Balaban J connectivity index is 2.15. The third-order valence-electron chi connectivity index (χ3n) is 3.09. The summed E-state index contributed by atoms with van der Waals surface area (Å²) >= 11 is 0. The molecule has 0 aromatic carbocycles. The molecule has 2 rings (SSSR count). The van der Waals surface area contributed by atoms with Crippen molar-refractivity contribution in [1.29, 1.82) is 0 Å². The van der Waals surface area contributed by atoms with Crippen LogP contribution in [-0.4, -0.2) is 25.1 Å². The SMILES string of the molecule is Cc1cc(C(O)Cc2ccn(C(C)C)n2)c(C)nn1. The van der Waals surface area contributed by atoms with Crippen LogP contribution in [-0.2, 0) is 6.42 Å². The smallest absolute Gasteiger partial charge is 0.0864 e. The molecule has 1 atom stereocenters. The summed E-state index contributed by atoms with van der Waals surface area (Å²) in [4.78, 5) is 0. The van der Waals surface area contributed by atoms with Gasteiger partial charge in [-0.1, -0.05) is 0 Å². The van der Waals surface area contributed by atoms with Crippen LogP contribution in [0.5, 0.6) is 0 Å². The second kappa shape index (κ2) is 5.48. The molecule has 0 aliphatic rings. The van der Waals surface area contributed by atoms with E-state index in [1.807, 2.05) is 36.9 Å². The molecule has 5 heteroatoms. The van der Waals surface area contributed by atoms with E-state index in [-0.39, 0.29) is 0 Å². The number of aliphatic hydroxyl groups is 1. The van der Waals surface area contributed by atoms with Gasteiger partial charge in [-0.15, -0.1) is 0 Å². The first-order valence-corrected chi connectivity index (χ1v) is 6.50. The average molecular weight is 260 g/mol. The van der Waals surface area contributed by atoms with Crippen molar-refractivity contribution in [2.24, 2.45) is 0 Å². The van der Waals surface area contributed by atoms with Gasteiger partial charge in [0.1, 0.15) is 0 Å². The Morgan fingerprint density at radius 2 is 2.00 bits per heavy atom. The zero-order valence-electron chi connectivity index (χ0n) is 11.8. The number of aliphatic hydroxyl groups excluding tert-OH is 1. The van der Waals surface area contributed by atoms with E-state index >= 15 is 0 Å². The van der Waals surface area contributed by atoms with Crippen molar-refractivity contribution in [2.75, 3.05) is 0 Å². The molecule has 0 fully saturated rings. The molecular formula is C14H20N4O. The van der Waals surface area contributed by atoms with Crippen molar-refractivity contribution < 1.29 is 5.11 Å². The van der Waals surface area contributed by atoms with Crippen LogP contribution in [0.15, 0.2) is 18.3 Å². The van der Waals surface area contributed by atoms with Crippen molar-refractivity contribution in [3.63, 3.8) is 0 Å². The molecule has 0 bridgehead atoms. The first kappa shape index (κ1) is 13.7. The van der Waals surface area contributed by atoms with Gasteiger partial charge in [0.25, 0.3) is 0 Å². The minimum atomic E-state index is -0.593. The van der Waals surface area contributed by atoms with E-state index in [0.29, 0.717) is 12.5 Å². The zero-order chi connectivity index (χ0) is 14.0. The molecule has 0 aliphatic carbocycles. The third kappa shape index (κ3) is 3.17. The molecule has 0 radical (unpaired) electrons. The molecule has 2 heterocycles. The second-order valence-corrected chi connectivity index (χ2v) is 5.13. The molecule has 2 aromatic heterocycles. The Labute approximate surface area is 113 Å². The summed E-state index contributed by atoms with van der Waals surface area (Å²) in [5.41, 5.74) is 3.29. The minimum absolute atomic E-state index is 0.331. The molecule has 0 saturated carbocycles. The summed E-state index contributed by atoms with van der Waals surface area (Å²) in [5.74, 6) is 0. The van der Waals surface area contributed by atoms with Crippen LogP contribution in [0.1, 0.15) is 48.6 Å². The lowest BCUT2D eigenvalue weighted by atomic mass is 10.0. The Morgan fingerprint density at radius 3 is 2.63 bits per heavy atom. The Kier molecular flexibility index (Phi) is 3.95. The number of nitrogens with zero attached hydrogens (tertiary/aromatic N) is 4. The Bertz CT molecular complexity index is 562. The van der Waals surface area contributed by atoms with Gasteiger partial charge in [-0.25, -0.2) is 0 Å². The summed E-state index contributed by atoms with van der Waals surface area (Å²) in [6.07, 6.45) is 1.84. The van der Waals surface area contributed by atoms with Crippen molar-refractivity contribution in [3.8, 4) is 0 Å². The van der Waals surface area contributed by atoms with Crippen LogP contribution in [0.3, 0.4) is 0 Å². The highest BCUT2D eigenvalue weighted by molar-refractivity contribution is 5.23. The zero-order valence-corrected chi connectivity index (χ0v) is 11.8. The number of hydrogen-bond donors (Lipinski definition) is 1. The Morgan fingerprint density at radius 1 is 1.26 bits per heavy atom. The largest absolute Gasteiger partial charge is 0.388 e. The number of hydrogen-bond acceptors (Lipinski definition) is 4. The van der Waals surface area contributed by atoms with Gasteiger partial charge in [0.2, 0.25) is 0 Å². The van der Waals surface area contributed by atoms with E-state index in [9.17, 15) is 5.11 Å². The van der Waals surface area contributed by atoms with E-state index in [0.717, 1.165) is 22.6 Å². The third-order valence-corrected chi connectivity index (χ3v) is 3.09. The van der Waals surface area contributed by atoms with E-state index < -0.39 is 6.10 Å². The van der Waals surface area contributed by atoms with E-state index in [2.05, 4.69) is 29.1 Å². The van der Waals surface area contributed by atoms with Crippen LogP contribution in [0.2, 0.25) is 0 Å². The number of aryl methyl sites for hydroxylation is 2. The lowest BCUT2D eigenvalue weighted by molar-refractivity contribution is 0.175. The maximum atomic E-state index is 10.3. The van der Waals surface area contributed by atoms with Crippen LogP contribution in [0.25, 0.3) is 0 Å². The van der Waals surface area contributed by atoms with E-state index in [1.165, 1.54) is 0 Å². The topological polar surface area (TPSA) is 63.8 Å². The molecule has 1 N–H and O–H groups in total. The van der Waals surface area contributed by atoms with Crippen LogP contribution in [0, 0.1) is 13.8 Å². The minimum Gasteiger partial charge on any atom is -0.388 e. The molecule has 0 aliphatic heterocycles. The maximum absolute atomic E-state index is 10.3. The van der Waals surface area contributed by atoms with Crippen molar-refractivity contribution >= 4 is 0 Å². The van der Waals surface area contributed by atoms with Gasteiger partial charge in [0.05, 0.1) is 23.2 Å². The monoisotopic (exact) mass is 260 g/mol. The van der Waals surface area contributed by atoms with Crippen LogP contribution >= 0.6 is 0 Å². The van der Waals surface area contributed by atoms with Crippen molar-refractivity contribution in [2.45, 2.75) is 46.3 Å². The summed E-state index contributed by atoms with van der Waals surface area (Å²) in [7, 11) is 0. The van der Waals surface area contributed by atoms with Gasteiger partial charge in [0.15, 0.2) is 0 Å². The first-order valence-electron chi connectivity index (χ1n) is 6.50. The lowest BCUT2D eigenvalue weighted by Crippen LogP contribution is -2.08. The van der Waals surface area contributed by atoms with Gasteiger partial charge < -0.3 is 5.11 Å². The molecule has 102 valence electrons. The van der Waals surface area contributed by atoms with Crippen molar-refractivity contribution in [3.05, 3.63) is 41.0 Å². The average Bonchev–Trinajstić information content (AvgIpc) is 2.80. The molecular weight excluding hydrogens is 240 g/mol. The van der Waals surface area contributed by atoms with Crippen LogP contribution < -0.4 is 0 Å². The Hall–Kier alpha value is -1.75. The first-order chi connectivity index (χ1) is 8.97. The molecule has 0 amide bonds. The molecule has 0 spiro atoms. The molecule has 1 unspecified atom stereocenters. The molecule has 19 heavy (non-hydrogen) atoms. The predicted octanol–water partition coefficient (Wildman–Crippen LogP) is 2.15. The summed E-state index contributed by atoms with van der Waals surface area (Å²) in [6.45, 7) is 7.88. The second-order valence-electron chi connectivity index (χ2n) is 5.13. The van der Waals surface area contributed by atoms with Gasteiger partial charge in [0, 0.05) is 24.2 Å². The van der Waals surface area contributed by atoms with Gasteiger partial charge in [-0.2, -0.15) is 15.3 Å². The fraction of sp³-hybridized carbons (Fsp3) is 0.500. The maximum Gasteiger partial charge on any atom is 0.0864 e. The molecule has 5 nitrogen and oxygen atoms in total. The van der Waals surface area contributed by atoms with Gasteiger partial charge >= 0.3 is 0 Å². The number of aromatic nitrogens is 4. The fourth-order valence-corrected chi connectivity index (χ4v) is 1.99. The number of rotatable bonds is 4. The lowest BCUT2D eigenvalue weighted by Gasteiger charge is -2.12.